The van der Waals surface area contributed by atoms with Crippen LogP contribution in [0.5, 0.6) is 0 Å². The number of hydrogen-bond donors (Lipinski definition) is 3. The van der Waals surface area contributed by atoms with Crippen LogP contribution in [-0.2, 0) is 52.4 Å². The molecule has 79 heavy (non-hydrogen) atoms. The van der Waals surface area contributed by atoms with E-state index in [0.29, 0.717) is 12.0 Å². The summed E-state index contributed by atoms with van der Waals surface area (Å²) in [7, 11) is 0. The predicted molar refractivity (Wildman–Crippen MR) is 292 cm³/mol. The van der Waals surface area contributed by atoms with Crippen LogP contribution in [0.15, 0.2) is 102 Å². The first-order valence-corrected chi connectivity index (χ1v) is 28.4. The lowest BCUT2D eigenvalue weighted by molar-refractivity contribution is -0.337. The van der Waals surface area contributed by atoms with Crippen LogP contribution >= 0.6 is 0 Å². The van der Waals surface area contributed by atoms with Gasteiger partial charge in [-0.1, -0.05) is 165 Å². The van der Waals surface area contributed by atoms with Gasteiger partial charge in [0.2, 0.25) is 6.10 Å². The molecule has 1 saturated heterocycles. The highest BCUT2D eigenvalue weighted by Gasteiger charge is 2.76. The highest BCUT2D eigenvalue weighted by Crippen LogP contribution is 2.63. The van der Waals surface area contributed by atoms with Crippen LogP contribution in [0.3, 0.4) is 0 Å². The highest BCUT2D eigenvalue weighted by molar-refractivity contribution is 5.96. The van der Waals surface area contributed by atoms with Gasteiger partial charge < -0.3 is 44.0 Å². The van der Waals surface area contributed by atoms with Gasteiger partial charge in [-0.25, -0.2) is 9.59 Å². The molecule has 3 aromatic carbocycles. The summed E-state index contributed by atoms with van der Waals surface area (Å²) in [4.78, 5) is 100. The summed E-state index contributed by atoms with van der Waals surface area (Å²) >= 11 is 0. The van der Waals surface area contributed by atoms with E-state index >= 15 is 9.59 Å². The van der Waals surface area contributed by atoms with Crippen LogP contribution < -0.4 is 5.32 Å². The lowest BCUT2D eigenvalue weighted by atomic mass is 9.45. The number of benzene rings is 3. The van der Waals surface area contributed by atoms with E-state index in [1.165, 1.54) is 77.8 Å². The zero-order chi connectivity index (χ0) is 57.1. The number of ketones is 1. The number of rotatable bonds is 25. The number of esters is 5. The summed E-state index contributed by atoms with van der Waals surface area (Å²) in [6.45, 7) is 10.5. The Balaban J connectivity index is 1.27. The second-order valence-electron chi connectivity index (χ2n) is 22.8. The van der Waals surface area contributed by atoms with Crippen molar-refractivity contribution in [1.82, 2.24) is 5.32 Å². The van der Waals surface area contributed by atoms with Crippen molar-refractivity contribution in [3.8, 4) is 0 Å². The quantitative estimate of drug-likeness (QED) is 0.0311. The highest BCUT2D eigenvalue weighted by atomic mass is 16.6. The molecule has 0 radical (unpaired) electrons. The van der Waals surface area contributed by atoms with Crippen molar-refractivity contribution in [3.63, 3.8) is 0 Å². The predicted octanol–water partition coefficient (Wildman–Crippen LogP) is 9.62. The SMILES string of the molecule is CCCCCCCCCCCCCCCC(=O)O[C@@H](C(=O)O[C@@H]1C(C)=C2[C@@H](OC(C)=O)C(=O)[C@@]3(C)C([C@H](OC(=O)c4ccccc4)C([C@H]1O)C2(C)C)[C@]1(OC(C)=O)CO[C@@H]1C[C@@H]3O)[C@@H](NC(=O)c1ccccc1)c1ccccc1. The maximum absolute atomic E-state index is 15.8. The zero-order valence-corrected chi connectivity index (χ0v) is 46.9. The molecule has 3 N–H and O–H groups in total. The Hall–Kier alpha value is -6.23. The molecule has 3 aromatic rings. The van der Waals surface area contributed by atoms with Gasteiger partial charge >= 0.3 is 29.8 Å². The van der Waals surface area contributed by atoms with E-state index in [1.54, 1.807) is 92.7 Å². The minimum Gasteiger partial charge on any atom is -0.458 e. The Bertz CT molecular complexity index is 2640. The second kappa shape index (κ2) is 26.8. The zero-order valence-electron chi connectivity index (χ0n) is 46.9. The fraction of sp³-hybridized carbons (Fsp3) is 0.571. The van der Waals surface area contributed by atoms with Crippen molar-refractivity contribution in [2.24, 2.45) is 22.7 Å². The van der Waals surface area contributed by atoms with E-state index in [-0.39, 0.29) is 41.7 Å². The van der Waals surface area contributed by atoms with Crippen molar-refractivity contribution < 1.29 is 72.2 Å². The number of carbonyl (C=O) groups excluding carboxylic acids is 7. The molecule has 1 aliphatic heterocycles. The molecule has 2 bridgehead atoms. The smallest absolute Gasteiger partial charge is 0.350 e. The molecule has 16 heteroatoms. The van der Waals surface area contributed by atoms with Crippen molar-refractivity contribution >= 4 is 41.5 Å². The number of fused-ring (bicyclic) bond motifs is 5. The van der Waals surface area contributed by atoms with Crippen LogP contribution in [0, 0.1) is 22.7 Å². The molecule has 3 fully saturated rings. The summed E-state index contributed by atoms with van der Waals surface area (Å²) in [5, 5.41) is 28.4. The van der Waals surface area contributed by atoms with E-state index in [2.05, 4.69) is 12.2 Å². The second-order valence-corrected chi connectivity index (χ2v) is 22.8. The minimum absolute atomic E-state index is 0.0531. The van der Waals surface area contributed by atoms with Gasteiger partial charge in [0, 0.05) is 38.2 Å². The lowest BCUT2D eigenvalue weighted by Gasteiger charge is -2.66. The topological polar surface area (TPSA) is 227 Å². The Labute approximate surface area is 464 Å². The molecule has 0 aromatic heterocycles. The number of Topliss-reactive ketones (excluding diaryl/α,β-unsaturated/α-hetero) is 1. The Kier molecular flexibility index (Phi) is 20.5. The maximum atomic E-state index is 15.8. The van der Waals surface area contributed by atoms with Gasteiger partial charge in [-0.15, -0.1) is 0 Å². The molecular formula is C63H81NO15. The van der Waals surface area contributed by atoms with Gasteiger partial charge in [0.25, 0.3) is 5.91 Å². The molecule has 7 rings (SSSR count). The summed E-state index contributed by atoms with van der Waals surface area (Å²) in [5.74, 6) is -8.74. The van der Waals surface area contributed by atoms with E-state index < -0.39 is 119 Å². The van der Waals surface area contributed by atoms with Gasteiger partial charge in [0.05, 0.1) is 29.6 Å². The molecule has 12 atom stereocenters. The number of unbranched alkanes of at least 4 members (excludes halogenated alkanes) is 12. The van der Waals surface area contributed by atoms with Gasteiger partial charge in [0.15, 0.2) is 17.5 Å². The van der Waals surface area contributed by atoms with Crippen LogP contribution in [0.2, 0.25) is 0 Å². The summed E-state index contributed by atoms with van der Waals surface area (Å²) in [6, 6.07) is 23.4. The Morgan fingerprint density at radius 2 is 1.25 bits per heavy atom. The third-order valence-electron chi connectivity index (χ3n) is 17.0. The number of aliphatic hydroxyl groups excluding tert-OH is 2. The van der Waals surface area contributed by atoms with Gasteiger partial charge in [-0.3, -0.25) is 24.0 Å². The van der Waals surface area contributed by atoms with E-state index in [9.17, 15) is 34.2 Å². The number of nitrogens with one attached hydrogen (secondary N) is 1. The van der Waals surface area contributed by atoms with Crippen molar-refractivity contribution in [2.75, 3.05) is 6.61 Å². The van der Waals surface area contributed by atoms with Crippen LogP contribution in [-0.4, -0.2) is 107 Å². The fourth-order valence-electron chi connectivity index (χ4n) is 13.0. The average Bonchev–Trinajstić information content (AvgIpc) is 3.59. The minimum atomic E-state index is -2.02. The van der Waals surface area contributed by atoms with Gasteiger partial charge in [0.1, 0.15) is 30.5 Å². The van der Waals surface area contributed by atoms with Crippen LogP contribution in [0.4, 0.5) is 0 Å². The molecule has 428 valence electrons. The molecule has 1 amide bonds. The first-order valence-electron chi connectivity index (χ1n) is 28.4. The van der Waals surface area contributed by atoms with Crippen molar-refractivity contribution in [2.45, 2.75) is 199 Å². The third kappa shape index (κ3) is 13.4. The standard InChI is InChI=1S/C63H81NO15/c1-8-9-10-11-12-13-14-15-16-17-18-19-29-36-47(68)76-55(50(42-30-23-20-24-31-42)64-58(71)43-32-25-21-26-33-43)60(73)77-52-39(2)48-54(75-40(3)65)57(70)62(7)45(67)37-46-63(38-74-46,79-41(4)66)56(62)53(49(51(52)69)61(48,5)6)78-59(72)44-34-27-22-28-35-44/h20-28,30-35,45-46,49-56,67,69H,8-19,29,36-38H2,1-7H3,(H,64,71)/t45-,46+,49?,50-,51+,52+,53+,54+,55+,56?,62+,63-/m0/s1. The van der Waals surface area contributed by atoms with Crippen LogP contribution in [0.1, 0.15) is 177 Å². The molecule has 16 nitrogen and oxygen atoms in total. The number of ether oxygens (including phenoxy) is 6. The van der Waals surface area contributed by atoms with Gasteiger partial charge in [-0.05, 0) is 66.7 Å². The maximum Gasteiger partial charge on any atom is 0.350 e. The number of carbonyl (C=O) groups is 7. The lowest BCUT2D eigenvalue weighted by Crippen LogP contribution is -2.80. The summed E-state index contributed by atoms with van der Waals surface area (Å²) < 4.78 is 37.3. The molecular weight excluding hydrogens is 1010 g/mol. The first-order chi connectivity index (χ1) is 37.8. The van der Waals surface area contributed by atoms with Crippen LogP contribution in [0.25, 0.3) is 0 Å². The average molecular weight is 1090 g/mol. The molecule has 3 aliphatic carbocycles. The van der Waals surface area contributed by atoms with E-state index in [0.717, 1.165) is 39.0 Å². The third-order valence-corrected chi connectivity index (χ3v) is 17.0. The Morgan fingerprint density at radius 1 is 0.709 bits per heavy atom. The number of amides is 1. The van der Waals surface area contributed by atoms with Gasteiger partial charge in [-0.2, -0.15) is 0 Å². The largest absolute Gasteiger partial charge is 0.458 e. The fourth-order valence-corrected chi connectivity index (χ4v) is 13.0. The Morgan fingerprint density at radius 3 is 1.78 bits per heavy atom. The normalized spacial score (nSPS) is 27.5. The van der Waals surface area contributed by atoms with E-state index in [4.69, 9.17) is 28.4 Å². The summed E-state index contributed by atoms with van der Waals surface area (Å²) in [6.07, 6.45) is 2.53. The van der Waals surface area contributed by atoms with E-state index in [1.807, 2.05) is 0 Å². The molecule has 2 saturated carbocycles. The molecule has 4 aliphatic rings. The molecule has 0 spiro atoms. The number of hydrogen-bond acceptors (Lipinski definition) is 15. The molecule has 2 unspecified atom stereocenters. The summed E-state index contributed by atoms with van der Waals surface area (Å²) in [5.41, 5.74) is -4.33. The monoisotopic (exact) mass is 1090 g/mol. The first kappa shape index (κ1) is 60.4. The van der Waals surface area contributed by atoms with Crippen molar-refractivity contribution in [1.29, 1.82) is 0 Å². The molecule has 1 heterocycles. The van der Waals surface area contributed by atoms with Crippen molar-refractivity contribution in [3.05, 3.63) is 119 Å². The number of aliphatic hydroxyl groups is 2.